The van der Waals surface area contributed by atoms with Gasteiger partial charge in [0.1, 0.15) is 0 Å². The van der Waals surface area contributed by atoms with Gasteiger partial charge in [0.25, 0.3) is 0 Å². The van der Waals surface area contributed by atoms with Gasteiger partial charge in [0.05, 0.1) is 5.60 Å². The third kappa shape index (κ3) is 1.40. The Balaban J connectivity index is 2.39. The lowest BCUT2D eigenvalue weighted by atomic mass is 9.72. The summed E-state index contributed by atoms with van der Waals surface area (Å²) < 4.78 is 0. The van der Waals surface area contributed by atoms with Crippen LogP contribution >= 0.6 is 0 Å². The first-order valence-electron chi connectivity index (χ1n) is 4.00. The fourth-order valence-corrected chi connectivity index (χ4v) is 1.49. The van der Waals surface area contributed by atoms with Crippen molar-refractivity contribution in [2.75, 3.05) is 0 Å². The SMILES string of the molecule is C=CC[C@](C)(O)C1CCC1. The molecular weight excluding hydrogens is 124 g/mol. The average Bonchev–Trinajstić information content (AvgIpc) is 1.56. The van der Waals surface area contributed by atoms with Crippen molar-refractivity contribution in [3.63, 3.8) is 0 Å². The van der Waals surface area contributed by atoms with Gasteiger partial charge in [-0.15, -0.1) is 6.58 Å². The highest BCUT2D eigenvalue weighted by Gasteiger charge is 2.34. The molecule has 1 aliphatic rings. The monoisotopic (exact) mass is 140 g/mol. The topological polar surface area (TPSA) is 20.2 Å². The zero-order valence-electron chi connectivity index (χ0n) is 6.64. The molecule has 1 fully saturated rings. The van der Waals surface area contributed by atoms with E-state index >= 15 is 0 Å². The molecule has 10 heavy (non-hydrogen) atoms. The van der Waals surface area contributed by atoms with Crippen molar-refractivity contribution in [3.05, 3.63) is 12.7 Å². The third-order valence-corrected chi connectivity index (χ3v) is 2.54. The molecule has 0 amide bonds. The van der Waals surface area contributed by atoms with E-state index in [1.54, 1.807) is 6.08 Å². The summed E-state index contributed by atoms with van der Waals surface area (Å²) in [5, 5.41) is 9.76. The summed E-state index contributed by atoms with van der Waals surface area (Å²) in [6, 6.07) is 0. The molecule has 0 aliphatic heterocycles. The second kappa shape index (κ2) is 2.75. The molecule has 0 bridgehead atoms. The highest BCUT2D eigenvalue weighted by atomic mass is 16.3. The van der Waals surface area contributed by atoms with Crippen LogP contribution in [0.3, 0.4) is 0 Å². The van der Waals surface area contributed by atoms with Crippen molar-refractivity contribution >= 4 is 0 Å². The van der Waals surface area contributed by atoms with E-state index in [2.05, 4.69) is 6.58 Å². The van der Waals surface area contributed by atoms with Crippen LogP contribution in [0, 0.1) is 5.92 Å². The highest BCUT2D eigenvalue weighted by molar-refractivity contribution is 4.92. The largest absolute Gasteiger partial charge is 0.390 e. The van der Waals surface area contributed by atoms with E-state index in [9.17, 15) is 5.11 Å². The van der Waals surface area contributed by atoms with Gasteiger partial charge in [0.2, 0.25) is 0 Å². The molecule has 0 heterocycles. The molecule has 0 saturated heterocycles. The lowest BCUT2D eigenvalue weighted by Crippen LogP contribution is -2.38. The maximum absolute atomic E-state index is 9.76. The van der Waals surface area contributed by atoms with E-state index in [-0.39, 0.29) is 0 Å². The van der Waals surface area contributed by atoms with Crippen LogP contribution in [0.15, 0.2) is 12.7 Å². The highest BCUT2D eigenvalue weighted by Crippen LogP contribution is 2.37. The number of aliphatic hydroxyl groups is 1. The summed E-state index contributed by atoms with van der Waals surface area (Å²) >= 11 is 0. The summed E-state index contributed by atoms with van der Waals surface area (Å²) in [5.41, 5.74) is -0.472. The Labute approximate surface area is 62.8 Å². The van der Waals surface area contributed by atoms with Crippen molar-refractivity contribution in [1.29, 1.82) is 0 Å². The van der Waals surface area contributed by atoms with Crippen LogP contribution in [0.25, 0.3) is 0 Å². The standard InChI is InChI=1S/C9H16O/c1-3-7-9(2,10)8-5-4-6-8/h3,8,10H,1,4-7H2,2H3/t9-/m0/s1. The summed E-state index contributed by atoms with van der Waals surface area (Å²) in [5.74, 6) is 0.533. The van der Waals surface area contributed by atoms with Gasteiger partial charge in [-0.3, -0.25) is 0 Å². The lowest BCUT2D eigenvalue weighted by Gasteiger charge is -2.38. The van der Waals surface area contributed by atoms with E-state index in [4.69, 9.17) is 0 Å². The summed E-state index contributed by atoms with van der Waals surface area (Å²) in [6.07, 6.45) is 6.22. The zero-order chi connectivity index (χ0) is 7.61. The molecule has 1 heteroatoms. The zero-order valence-corrected chi connectivity index (χ0v) is 6.64. The normalized spacial score (nSPS) is 25.0. The minimum atomic E-state index is -0.472. The predicted octanol–water partition coefficient (Wildman–Crippen LogP) is 2.11. The molecule has 0 aromatic heterocycles. The molecule has 1 N–H and O–H groups in total. The van der Waals surface area contributed by atoms with Crippen LogP contribution < -0.4 is 0 Å². The quantitative estimate of drug-likeness (QED) is 0.595. The van der Waals surface area contributed by atoms with Gasteiger partial charge in [-0.2, -0.15) is 0 Å². The van der Waals surface area contributed by atoms with Gasteiger partial charge in [-0.25, -0.2) is 0 Å². The fourth-order valence-electron chi connectivity index (χ4n) is 1.49. The average molecular weight is 140 g/mol. The van der Waals surface area contributed by atoms with E-state index in [1.165, 1.54) is 19.3 Å². The number of hydrogen-bond donors (Lipinski definition) is 1. The van der Waals surface area contributed by atoms with Crippen LogP contribution in [0.2, 0.25) is 0 Å². The molecule has 58 valence electrons. The minimum absolute atomic E-state index is 0.472. The van der Waals surface area contributed by atoms with E-state index in [1.807, 2.05) is 6.92 Å². The Bertz CT molecular complexity index is 123. The molecule has 0 aromatic rings. The molecule has 1 aliphatic carbocycles. The molecule has 0 spiro atoms. The molecule has 1 rings (SSSR count). The second-order valence-corrected chi connectivity index (χ2v) is 3.48. The van der Waals surface area contributed by atoms with Crippen LogP contribution in [0.5, 0.6) is 0 Å². The van der Waals surface area contributed by atoms with Crippen molar-refractivity contribution in [3.8, 4) is 0 Å². The predicted molar refractivity (Wildman–Crippen MR) is 42.8 cm³/mol. The smallest absolute Gasteiger partial charge is 0.0681 e. The lowest BCUT2D eigenvalue weighted by molar-refractivity contribution is -0.0317. The molecule has 1 nitrogen and oxygen atoms in total. The molecule has 0 aromatic carbocycles. The fraction of sp³-hybridized carbons (Fsp3) is 0.778. The maximum Gasteiger partial charge on any atom is 0.0681 e. The van der Waals surface area contributed by atoms with Gasteiger partial charge in [-0.05, 0) is 32.1 Å². The molecule has 1 atom stereocenters. The third-order valence-electron chi connectivity index (χ3n) is 2.54. The minimum Gasteiger partial charge on any atom is -0.390 e. The maximum atomic E-state index is 9.76. The van der Waals surface area contributed by atoms with Crippen molar-refractivity contribution < 1.29 is 5.11 Å². The summed E-state index contributed by atoms with van der Waals surface area (Å²) in [6.45, 7) is 5.54. The Morgan fingerprint density at radius 3 is 2.60 bits per heavy atom. The van der Waals surface area contributed by atoms with Gasteiger partial charge in [0, 0.05) is 0 Å². The first-order valence-corrected chi connectivity index (χ1v) is 4.00. The van der Waals surface area contributed by atoms with Crippen LogP contribution in [-0.2, 0) is 0 Å². The summed E-state index contributed by atoms with van der Waals surface area (Å²) in [4.78, 5) is 0. The second-order valence-electron chi connectivity index (χ2n) is 3.48. The Hall–Kier alpha value is -0.300. The van der Waals surface area contributed by atoms with Crippen molar-refractivity contribution in [2.45, 2.75) is 38.2 Å². The van der Waals surface area contributed by atoms with Gasteiger partial charge in [-0.1, -0.05) is 12.5 Å². The Morgan fingerprint density at radius 2 is 2.30 bits per heavy atom. The van der Waals surface area contributed by atoms with Gasteiger partial charge in [0.15, 0.2) is 0 Å². The van der Waals surface area contributed by atoms with E-state index in [0.29, 0.717) is 5.92 Å². The first kappa shape index (κ1) is 7.80. The molecule has 1 saturated carbocycles. The van der Waals surface area contributed by atoms with Crippen LogP contribution in [0.1, 0.15) is 32.6 Å². The van der Waals surface area contributed by atoms with Gasteiger partial charge >= 0.3 is 0 Å². The Morgan fingerprint density at radius 1 is 1.70 bits per heavy atom. The number of rotatable bonds is 3. The van der Waals surface area contributed by atoms with Gasteiger partial charge < -0.3 is 5.11 Å². The Kier molecular flexibility index (Phi) is 2.14. The number of hydrogen-bond acceptors (Lipinski definition) is 1. The van der Waals surface area contributed by atoms with Crippen molar-refractivity contribution in [1.82, 2.24) is 0 Å². The van der Waals surface area contributed by atoms with Crippen molar-refractivity contribution in [2.24, 2.45) is 5.92 Å². The molecule has 0 radical (unpaired) electrons. The van der Waals surface area contributed by atoms with Crippen LogP contribution in [-0.4, -0.2) is 10.7 Å². The van der Waals surface area contributed by atoms with E-state index < -0.39 is 5.60 Å². The first-order chi connectivity index (χ1) is 4.67. The van der Waals surface area contributed by atoms with E-state index in [0.717, 1.165) is 6.42 Å². The van der Waals surface area contributed by atoms with Crippen LogP contribution in [0.4, 0.5) is 0 Å². The summed E-state index contributed by atoms with van der Waals surface area (Å²) in [7, 11) is 0. The molecule has 0 unspecified atom stereocenters. The molecular formula is C9H16O.